The van der Waals surface area contributed by atoms with E-state index in [9.17, 15) is 22.8 Å². The molecular weight excluding hydrogens is 299 g/mol. The number of ether oxygens (including phenoxy) is 1. The number of benzene rings is 2. The molecule has 0 fully saturated rings. The van der Waals surface area contributed by atoms with Gasteiger partial charge in [0.25, 0.3) is 5.91 Å². The molecule has 0 unspecified atom stereocenters. The maximum absolute atomic E-state index is 12.0. The van der Waals surface area contributed by atoms with Crippen molar-refractivity contribution in [1.29, 1.82) is 0 Å². The zero-order chi connectivity index (χ0) is 16.2. The maximum atomic E-state index is 12.0. The van der Waals surface area contributed by atoms with E-state index in [0.29, 0.717) is 17.5 Å². The normalized spacial score (nSPS) is 10.9. The summed E-state index contributed by atoms with van der Waals surface area (Å²) >= 11 is 0. The number of nitrogens with one attached hydrogen (secondary N) is 1. The fourth-order valence-corrected chi connectivity index (χ4v) is 1.66. The molecule has 0 atom stereocenters. The summed E-state index contributed by atoms with van der Waals surface area (Å²) in [7, 11) is 0. The van der Waals surface area contributed by atoms with E-state index in [-0.39, 0.29) is 5.56 Å². The number of amides is 1. The Morgan fingerprint density at radius 2 is 1.59 bits per heavy atom. The van der Waals surface area contributed by atoms with Crippen LogP contribution in [0.3, 0.4) is 0 Å². The molecule has 0 bridgehead atoms. The lowest BCUT2D eigenvalue weighted by Gasteiger charge is -2.09. The molecule has 0 aromatic heterocycles. The molecule has 2 aromatic rings. The summed E-state index contributed by atoms with van der Waals surface area (Å²) in [6, 6.07) is 10.7. The van der Waals surface area contributed by atoms with E-state index >= 15 is 0 Å². The zero-order valence-electron chi connectivity index (χ0n) is 11.1. The number of halogens is 3. The van der Waals surface area contributed by atoms with Gasteiger partial charge in [0, 0.05) is 16.8 Å². The third-order valence-corrected chi connectivity index (χ3v) is 2.65. The number of alkyl halides is 3. The Bertz CT molecular complexity index is 664. The quantitative estimate of drug-likeness (QED) is 0.877. The maximum Gasteiger partial charge on any atom is 0.573 e. The van der Waals surface area contributed by atoms with Crippen LogP contribution in [0.25, 0.3) is 0 Å². The van der Waals surface area contributed by atoms with Gasteiger partial charge in [0.2, 0.25) is 0 Å². The van der Waals surface area contributed by atoms with Crippen LogP contribution < -0.4 is 10.1 Å². The Balaban J connectivity index is 2.04. The minimum Gasteiger partial charge on any atom is -0.406 e. The largest absolute Gasteiger partial charge is 0.573 e. The van der Waals surface area contributed by atoms with Crippen molar-refractivity contribution < 1.29 is 27.5 Å². The van der Waals surface area contributed by atoms with E-state index in [0.717, 1.165) is 12.1 Å². The first-order chi connectivity index (χ1) is 10.4. The van der Waals surface area contributed by atoms with Gasteiger partial charge in [-0.1, -0.05) is 0 Å². The first-order valence-electron chi connectivity index (χ1n) is 6.10. The molecule has 4 nitrogen and oxygen atoms in total. The van der Waals surface area contributed by atoms with E-state index < -0.39 is 18.0 Å². The van der Waals surface area contributed by atoms with Crippen molar-refractivity contribution in [2.24, 2.45) is 0 Å². The van der Waals surface area contributed by atoms with E-state index in [4.69, 9.17) is 0 Å². The second-order valence-electron chi connectivity index (χ2n) is 4.27. The molecule has 0 aliphatic rings. The Morgan fingerprint density at radius 3 is 2.09 bits per heavy atom. The summed E-state index contributed by atoms with van der Waals surface area (Å²) in [6.45, 7) is 0. The van der Waals surface area contributed by atoms with Crippen LogP contribution in [0.2, 0.25) is 0 Å². The molecule has 2 rings (SSSR count). The van der Waals surface area contributed by atoms with Gasteiger partial charge in [0.05, 0.1) is 0 Å². The average molecular weight is 309 g/mol. The molecule has 0 aliphatic carbocycles. The highest BCUT2D eigenvalue weighted by Gasteiger charge is 2.31. The van der Waals surface area contributed by atoms with Gasteiger partial charge in [-0.2, -0.15) is 0 Å². The molecule has 1 N–H and O–H groups in total. The van der Waals surface area contributed by atoms with E-state index in [1.165, 1.54) is 24.3 Å². The molecular formula is C15H10F3NO3. The number of carbonyl (C=O) groups is 2. The zero-order valence-corrected chi connectivity index (χ0v) is 11.1. The lowest BCUT2D eigenvalue weighted by Crippen LogP contribution is -2.17. The second kappa shape index (κ2) is 6.30. The number of carbonyl (C=O) groups excluding carboxylic acids is 2. The number of hydrogen-bond acceptors (Lipinski definition) is 3. The van der Waals surface area contributed by atoms with Crippen molar-refractivity contribution in [1.82, 2.24) is 0 Å². The fraction of sp³-hybridized carbons (Fsp3) is 0.0667. The van der Waals surface area contributed by atoms with Gasteiger partial charge in [-0.3, -0.25) is 9.59 Å². The monoisotopic (exact) mass is 309 g/mol. The van der Waals surface area contributed by atoms with Crippen molar-refractivity contribution in [3.63, 3.8) is 0 Å². The lowest BCUT2D eigenvalue weighted by atomic mass is 10.2. The predicted molar refractivity (Wildman–Crippen MR) is 72.9 cm³/mol. The molecule has 0 heterocycles. The van der Waals surface area contributed by atoms with Crippen LogP contribution in [0.4, 0.5) is 18.9 Å². The lowest BCUT2D eigenvalue weighted by molar-refractivity contribution is -0.274. The van der Waals surface area contributed by atoms with Crippen molar-refractivity contribution in [3.05, 3.63) is 59.7 Å². The van der Waals surface area contributed by atoms with Crippen LogP contribution in [0.15, 0.2) is 48.5 Å². The summed E-state index contributed by atoms with van der Waals surface area (Å²) in [5.41, 5.74) is 1.10. The first-order valence-corrected chi connectivity index (χ1v) is 6.10. The van der Waals surface area contributed by atoms with Crippen LogP contribution in [-0.4, -0.2) is 18.6 Å². The van der Waals surface area contributed by atoms with Crippen molar-refractivity contribution in [2.75, 3.05) is 5.32 Å². The minimum absolute atomic E-state index is 0.175. The van der Waals surface area contributed by atoms with Gasteiger partial charge in [-0.25, -0.2) is 0 Å². The van der Waals surface area contributed by atoms with Gasteiger partial charge < -0.3 is 10.1 Å². The minimum atomic E-state index is -4.77. The summed E-state index contributed by atoms with van der Waals surface area (Å²) < 4.78 is 39.8. The Hall–Kier alpha value is -2.83. The highest BCUT2D eigenvalue weighted by Crippen LogP contribution is 2.23. The van der Waals surface area contributed by atoms with Crippen LogP contribution in [0, 0.1) is 0 Å². The van der Waals surface area contributed by atoms with Crippen LogP contribution >= 0.6 is 0 Å². The van der Waals surface area contributed by atoms with Crippen molar-refractivity contribution >= 4 is 17.9 Å². The standard InChI is InChI=1S/C15H10F3NO3/c16-15(17,18)22-13-7-3-11(4-8-13)14(21)19-12-5-1-10(9-20)2-6-12/h1-9H,(H,19,21). The molecule has 1 amide bonds. The number of hydrogen-bond donors (Lipinski definition) is 1. The smallest absolute Gasteiger partial charge is 0.406 e. The van der Waals surface area contributed by atoms with E-state index in [1.54, 1.807) is 12.1 Å². The van der Waals surface area contributed by atoms with E-state index in [2.05, 4.69) is 10.1 Å². The van der Waals surface area contributed by atoms with Crippen LogP contribution in [0.5, 0.6) is 5.75 Å². The molecule has 0 saturated heterocycles. The van der Waals surface area contributed by atoms with Gasteiger partial charge in [-0.05, 0) is 48.5 Å². The topological polar surface area (TPSA) is 55.4 Å². The van der Waals surface area contributed by atoms with Crippen molar-refractivity contribution in [2.45, 2.75) is 6.36 Å². The van der Waals surface area contributed by atoms with Crippen LogP contribution in [-0.2, 0) is 0 Å². The summed E-state index contributed by atoms with van der Waals surface area (Å²) in [5, 5.41) is 2.56. The summed E-state index contributed by atoms with van der Waals surface area (Å²) in [4.78, 5) is 22.4. The van der Waals surface area contributed by atoms with Gasteiger partial charge >= 0.3 is 6.36 Å². The molecule has 114 valence electrons. The fourth-order valence-electron chi connectivity index (χ4n) is 1.66. The van der Waals surface area contributed by atoms with Crippen LogP contribution in [0.1, 0.15) is 20.7 Å². The SMILES string of the molecule is O=Cc1ccc(NC(=O)c2ccc(OC(F)(F)F)cc2)cc1. The molecule has 0 aliphatic heterocycles. The predicted octanol–water partition coefficient (Wildman–Crippen LogP) is 3.65. The van der Waals surface area contributed by atoms with Gasteiger partial charge in [-0.15, -0.1) is 13.2 Å². The summed E-state index contributed by atoms with van der Waals surface area (Å²) in [5.74, 6) is -0.892. The third-order valence-electron chi connectivity index (χ3n) is 2.65. The summed E-state index contributed by atoms with van der Waals surface area (Å²) in [6.07, 6.45) is -4.10. The molecule has 7 heteroatoms. The van der Waals surface area contributed by atoms with Crippen molar-refractivity contribution in [3.8, 4) is 5.75 Å². The third kappa shape index (κ3) is 4.34. The highest BCUT2D eigenvalue weighted by molar-refractivity contribution is 6.04. The number of anilines is 1. The molecule has 0 radical (unpaired) electrons. The van der Waals surface area contributed by atoms with Gasteiger partial charge in [0.15, 0.2) is 0 Å². The molecule has 0 spiro atoms. The second-order valence-corrected chi connectivity index (χ2v) is 4.27. The molecule has 22 heavy (non-hydrogen) atoms. The number of aldehydes is 1. The van der Waals surface area contributed by atoms with E-state index in [1.807, 2.05) is 0 Å². The Labute approximate surface area is 123 Å². The molecule has 2 aromatic carbocycles. The first kappa shape index (κ1) is 15.6. The van der Waals surface area contributed by atoms with Gasteiger partial charge in [0.1, 0.15) is 12.0 Å². The highest BCUT2D eigenvalue weighted by atomic mass is 19.4. The average Bonchev–Trinajstić information content (AvgIpc) is 2.47. The number of rotatable bonds is 4. The Morgan fingerprint density at radius 1 is 1.00 bits per heavy atom. The molecule has 0 saturated carbocycles. The Kier molecular flexibility index (Phi) is 4.45.